The summed E-state index contributed by atoms with van der Waals surface area (Å²) in [6, 6.07) is -0.541. The van der Waals surface area contributed by atoms with Crippen LogP contribution in [0.15, 0.2) is 48.6 Å². The van der Waals surface area contributed by atoms with Crippen molar-refractivity contribution in [2.24, 2.45) is 0 Å². The molecule has 0 saturated carbocycles. The molecule has 0 heterocycles. The van der Waals surface area contributed by atoms with Crippen LogP contribution in [-0.2, 0) is 14.3 Å². The zero-order valence-electron chi connectivity index (χ0n) is 58.8. The van der Waals surface area contributed by atoms with Crippen LogP contribution in [0.1, 0.15) is 431 Å². The SMILES string of the molecule is CCCCCC/C=C\C/C=C\CCCCCCCCCC(=O)OCCCCCCCCCCC/C=C\C/C=C\CCCCCCCCCCCCCCCCCCCC(=O)NC(CO)C(O)CCCCCCCCCCCCCCCCCCCCC. The normalized spacial score (nSPS) is 12.7. The Morgan fingerprint density at radius 3 is 0.885 bits per heavy atom. The summed E-state index contributed by atoms with van der Waals surface area (Å²) in [6.07, 6.45) is 101. The van der Waals surface area contributed by atoms with E-state index in [1.54, 1.807) is 0 Å². The maximum Gasteiger partial charge on any atom is 0.305 e. The second kappa shape index (κ2) is 76.3. The van der Waals surface area contributed by atoms with E-state index in [-0.39, 0.29) is 18.5 Å². The van der Waals surface area contributed by atoms with Gasteiger partial charge in [-0.25, -0.2) is 0 Å². The Bertz CT molecular complexity index is 1450. The third-order valence-corrected chi connectivity index (χ3v) is 18.4. The quantitative estimate of drug-likeness (QED) is 0.0320. The average Bonchev–Trinajstić information content (AvgIpc) is 3.56. The summed E-state index contributed by atoms with van der Waals surface area (Å²) in [5.41, 5.74) is 0. The number of hydrogen-bond donors (Lipinski definition) is 3. The first kappa shape index (κ1) is 84.8. The third kappa shape index (κ3) is 72.8. The molecule has 1 amide bonds. The van der Waals surface area contributed by atoms with E-state index in [1.165, 1.54) is 340 Å². The zero-order valence-corrected chi connectivity index (χ0v) is 58.8. The van der Waals surface area contributed by atoms with Crippen molar-refractivity contribution in [1.29, 1.82) is 0 Å². The van der Waals surface area contributed by atoms with Crippen molar-refractivity contribution in [2.75, 3.05) is 13.2 Å². The van der Waals surface area contributed by atoms with Gasteiger partial charge in [-0.2, -0.15) is 0 Å². The van der Waals surface area contributed by atoms with E-state index in [0.717, 1.165) is 57.8 Å². The van der Waals surface area contributed by atoms with E-state index in [4.69, 9.17) is 4.74 Å². The molecular formula is C81H153NO5. The monoisotopic (exact) mass is 1220 g/mol. The van der Waals surface area contributed by atoms with Gasteiger partial charge in [-0.15, -0.1) is 0 Å². The van der Waals surface area contributed by atoms with Gasteiger partial charge in [0.1, 0.15) is 0 Å². The predicted molar refractivity (Wildman–Crippen MR) is 384 cm³/mol. The van der Waals surface area contributed by atoms with E-state index >= 15 is 0 Å². The molecule has 512 valence electrons. The number of carbonyl (C=O) groups excluding carboxylic acids is 2. The second-order valence-corrected chi connectivity index (χ2v) is 27.0. The van der Waals surface area contributed by atoms with Crippen molar-refractivity contribution in [2.45, 2.75) is 443 Å². The van der Waals surface area contributed by atoms with Crippen LogP contribution in [-0.4, -0.2) is 47.4 Å². The first-order valence-corrected chi connectivity index (χ1v) is 39.4. The minimum atomic E-state index is -0.664. The molecule has 2 unspecified atom stereocenters. The van der Waals surface area contributed by atoms with Crippen molar-refractivity contribution < 1.29 is 24.5 Å². The number of allylic oxidation sites excluding steroid dienone is 8. The number of ether oxygens (including phenoxy) is 1. The first-order chi connectivity index (χ1) is 43.0. The van der Waals surface area contributed by atoms with Crippen molar-refractivity contribution >= 4 is 11.9 Å². The predicted octanol–water partition coefficient (Wildman–Crippen LogP) is 26.0. The Morgan fingerprint density at radius 1 is 0.322 bits per heavy atom. The van der Waals surface area contributed by atoms with Crippen LogP contribution in [0, 0.1) is 0 Å². The number of aliphatic hydroxyl groups excluding tert-OH is 2. The summed E-state index contributed by atoms with van der Waals surface area (Å²) in [7, 11) is 0. The second-order valence-electron chi connectivity index (χ2n) is 27.0. The Labute approximate surface area is 544 Å². The number of aliphatic hydroxyl groups is 2. The Kier molecular flexibility index (Phi) is 74.4. The number of unbranched alkanes of at least 4 members (excludes halogenated alkanes) is 55. The van der Waals surface area contributed by atoms with Gasteiger partial charge in [0.05, 0.1) is 25.4 Å². The highest BCUT2D eigenvalue weighted by molar-refractivity contribution is 5.76. The van der Waals surface area contributed by atoms with Crippen LogP contribution in [0.25, 0.3) is 0 Å². The molecule has 0 aliphatic rings. The number of hydrogen-bond acceptors (Lipinski definition) is 5. The van der Waals surface area contributed by atoms with Crippen molar-refractivity contribution in [1.82, 2.24) is 5.32 Å². The summed E-state index contributed by atoms with van der Waals surface area (Å²) in [5.74, 6) is -0.0217. The lowest BCUT2D eigenvalue weighted by Gasteiger charge is -2.22. The number of esters is 1. The van der Waals surface area contributed by atoms with Crippen LogP contribution in [0.2, 0.25) is 0 Å². The summed E-state index contributed by atoms with van der Waals surface area (Å²) in [6.45, 7) is 4.97. The Hall–Kier alpha value is -2.18. The van der Waals surface area contributed by atoms with E-state index in [0.29, 0.717) is 25.9 Å². The molecule has 0 radical (unpaired) electrons. The molecule has 0 spiro atoms. The van der Waals surface area contributed by atoms with Gasteiger partial charge in [0, 0.05) is 12.8 Å². The summed E-state index contributed by atoms with van der Waals surface area (Å²) >= 11 is 0. The fourth-order valence-electron chi connectivity index (χ4n) is 12.4. The Balaban J connectivity index is 3.38. The lowest BCUT2D eigenvalue weighted by Crippen LogP contribution is -2.45. The molecule has 2 atom stereocenters. The van der Waals surface area contributed by atoms with Crippen molar-refractivity contribution in [3.8, 4) is 0 Å². The van der Waals surface area contributed by atoms with E-state index in [9.17, 15) is 19.8 Å². The molecule has 6 heteroatoms. The molecule has 0 aromatic carbocycles. The number of carbonyl (C=O) groups is 2. The maximum atomic E-state index is 12.6. The molecule has 0 fully saturated rings. The molecule has 0 aliphatic heterocycles. The third-order valence-electron chi connectivity index (χ3n) is 18.4. The van der Waals surface area contributed by atoms with Crippen molar-refractivity contribution in [3.63, 3.8) is 0 Å². The van der Waals surface area contributed by atoms with Gasteiger partial charge >= 0.3 is 5.97 Å². The fraction of sp³-hybridized carbons (Fsp3) is 0.877. The van der Waals surface area contributed by atoms with Gasteiger partial charge < -0.3 is 20.3 Å². The van der Waals surface area contributed by atoms with Gasteiger partial charge in [-0.05, 0) is 89.9 Å². The Morgan fingerprint density at radius 2 is 0.575 bits per heavy atom. The number of nitrogens with one attached hydrogen (secondary N) is 1. The molecule has 87 heavy (non-hydrogen) atoms. The molecule has 0 aliphatic carbocycles. The molecule has 0 bridgehead atoms. The smallest absolute Gasteiger partial charge is 0.305 e. The van der Waals surface area contributed by atoms with Gasteiger partial charge in [-0.1, -0.05) is 377 Å². The number of rotatable bonds is 74. The standard InChI is InChI=1S/C81H153NO5/c1-3-5-7-9-11-13-15-17-19-21-38-41-45-49-53-57-61-65-69-73-79(84)78(77-83)82-80(85)74-70-66-62-58-54-50-46-42-39-36-34-32-30-28-26-24-23-25-27-29-31-33-35-37-40-44-48-52-56-60-64-68-72-76-87-81(86)75-71-67-63-59-55-51-47-43-22-20-18-16-14-12-10-8-6-4-2/h14,16,20,22,27,29,33,35,78-79,83-84H,3-13,15,17-19,21,23-26,28,30-32,34,36-77H2,1-2H3,(H,82,85)/b16-14-,22-20-,29-27-,35-33-. The highest BCUT2D eigenvalue weighted by Crippen LogP contribution is 2.19. The van der Waals surface area contributed by atoms with Gasteiger partial charge in [0.2, 0.25) is 5.91 Å². The molecule has 0 aromatic rings. The van der Waals surface area contributed by atoms with Crippen LogP contribution in [0.3, 0.4) is 0 Å². The maximum absolute atomic E-state index is 12.6. The highest BCUT2D eigenvalue weighted by Gasteiger charge is 2.20. The van der Waals surface area contributed by atoms with E-state index < -0.39 is 12.1 Å². The van der Waals surface area contributed by atoms with Crippen LogP contribution < -0.4 is 5.32 Å². The van der Waals surface area contributed by atoms with Crippen molar-refractivity contribution in [3.05, 3.63) is 48.6 Å². The fourth-order valence-corrected chi connectivity index (χ4v) is 12.4. The van der Waals surface area contributed by atoms with Gasteiger partial charge in [0.25, 0.3) is 0 Å². The average molecular weight is 1220 g/mol. The molecule has 0 saturated heterocycles. The number of amides is 1. The van der Waals surface area contributed by atoms with Gasteiger partial charge in [-0.3, -0.25) is 9.59 Å². The highest BCUT2D eigenvalue weighted by atomic mass is 16.5. The van der Waals surface area contributed by atoms with Crippen LogP contribution >= 0.6 is 0 Å². The van der Waals surface area contributed by atoms with E-state index in [1.807, 2.05) is 0 Å². The minimum Gasteiger partial charge on any atom is -0.466 e. The summed E-state index contributed by atoms with van der Waals surface area (Å²) in [4.78, 5) is 24.7. The van der Waals surface area contributed by atoms with Gasteiger partial charge in [0.15, 0.2) is 0 Å². The zero-order chi connectivity index (χ0) is 62.8. The summed E-state index contributed by atoms with van der Waals surface area (Å²) < 4.78 is 5.50. The molecule has 0 aromatic heterocycles. The summed E-state index contributed by atoms with van der Waals surface area (Å²) in [5, 5.41) is 23.4. The molecule has 6 nitrogen and oxygen atoms in total. The lowest BCUT2D eigenvalue weighted by molar-refractivity contribution is -0.143. The molecule has 0 rings (SSSR count). The largest absolute Gasteiger partial charge is 0.466 e. The molecule has 3 N–H and O–H groups in total. The lowest BCUT2D eigenvalue weighted by atomic mass is 10.0. The molecular weight excluding hydrogens is 1070 g/mol. The topological polar surface area (TPSA) is 95.9 Å². The minimum absolute atomic E-state index is 0.00732. The van der Waals surface area contributed by atoms with E-state index in [2.05, 4.69) is 67.8 Å². The van der Waals surface area contributed by atoms with Crippen LogP contribution in [0.5, 0.6) is 0 Å². The van der Waals surface area contributed by atoms with Crippen LogP contribution in [0.4, 0.5) is 0 Å². The first-order valence-electron chi connectivity index (χ1n) is 39.4.